The molecular formula is C19H26N4S. The molecule has 0 aliphatic carbocycles. The van der Waals surface area contributed by atoms with Crippen LogP contribution in [0.25, 0.3) is 0 Å². The van der Waals surface area contributed by atoms with Crippen molar-refractivity contribution in [1.29, 1.82) is 0 Å². The fourth-order valence-electron chi connectivity index (χ4n) is 3.00. The largest absolute Gasteiger partial charge is 0.359 e. The average Bonchev–Trinajstić information content (AvgIpc) is 2.66. The molecule has 1 aliphatic rings. The van der Waals surface area contributed by atoms with Crippen molar-refractivity contribution < 1.29 is 0 Å². The topological polar surface area (TPSA) is 41.1 Å². The number of aromatic nitrogens is 2. The molecule has 0 saturated carbocycles. The molecule has 0 radical (unpaired) electrons. The van der Waals surface area contributed by atoms with Gasteiger partial charge in [-0.25, -0.2) is 4.98 Å². The lowest BCUT2D eigenvalue weighted by Crippen LogP contribution is -2.33. The van der Waals surface area contributed by atoms with Gasteiger partial charge in [-0.2, -0.15) is 11.8 Å². The van der Waals surface area contributed by atoms with E-state index in [1.165, 1.54) is 29.9 Å². The van der Waals surface area contributed by atoms with Crippen molar-refractivity contribution in [2.24, 2.45) is 0 Å². The van der Waals surface area contributed by atoms with Crippen LogP contribution in [0.3, 0.4) is 0 Å². The maximum atomic E-state index is 4.62. The SMILES string of the molecule is CN(CCc1ccccn1)c1ncccc1CNC1CCSCC1. The summed E-state index contributed by atoms with van der Waals surface area (Å²) >= 11 is 2.07. The number of anilines is 1. The molecule has 3 heterocycles. The highest BCUT2D eigenvalue weighted by molar-refractivity contribution is 7.99. The summed E-state index contributed by atoms with van der Waals surface area (Å²) in [4.78, 5) is 11.3. The number of thioether (sulfide) groups is 1. The van der Waals surface area contributed by atoms with Crippen LogP contribution in [0.1, 0.15) is 24.1 Å². The Balaban J connectivity index is 1.57. The van der Waals surface area contributed by atoms with Gasteiger partial charge in [-0.05, 0) is 42.5 Å². The summed E-state index contributed by atoms with van der Waals surface area (Å²) in [6, 6.07) is 10.9. The lowest BCUT2D eigenvalue weighted by molar-refractivity contribution is 0.482. The first kappa shape index (κ1) is 17.2. The number of nitrogens with one attached hydrogen (secondary N) is 1. The Morgan fingerprint density at radius 3 is 2.75 bits per heavy atom. The van der Waals surface area contributed by atoms with Crippen LogP contribution in [-0.2, 0) is 13.0 Å². The molecule has 5 heteroatoms. The highest BCUT2D eigenvalue weighted by Gasteiger charge is 2.15. The molecule has 128 valence electrons. The summed E-state index contributed by atoms with van der Waals surface area (Å²) in [7, 11) is 2.12. The molecule has 0 aromatic carbocycles. The van der Waals surface area contributed by atoms with Crippen LogP contribution in [0, 0.1) is 0 Å². The highest BCUT2D eigenvalue weighted by Crippen LogP contribution is 2.20. The molecule has 0 spiro atoms. The average molecular weight is 343 g/mol. The van der Waals surface area contributed by atoms with E-state index >= 15 is 0 Å². The normalized spacial score (nSPS) is 15.4. The third-order valence-corrected chi connectivity index (χ3v) is 5.51. The minimum Gasteiger partial charge on any atom is -0.359 e. The van der Waals surface area contributed by atoms with E-state index in [2.05, 4.69) is 51.1 Å². The number of nitrogens with zero attached hydrogens (tertiary/aromatic N) is 3. The van der Waals surface area contributed by atoms with Crippen molar-refractivity contribution >= 4 is 17.6 Å². The lowest BCUT2D eigenvalue weighted by Gasteiger charge is -2.25. The minimum atomic E-state index is 0.651. The first-order valence-electron chi connectivity index (χ1n) is 8.69. The Labute approximate surface area is 149 Å². The van der Waals surface area contributed by atoms with Gasteiger partial charge >= 0.3 is 0 Å². The predicted molar refractivity (Wildman–Crippen MR) is 103 cm³/mol. The van der Waals surface area contributed by atoms with Crippen LogP contribution in [-0.4, -0.2) is 41.1 Å². The van der Waals surface area contributed by atoms with E-state index in [1.807, 2.05) is 30.6 Å². The predicted octanol–water partition coefficient (Wildman–Crippen LogP) is 3.14. The van der Waals surface area contributed by atoms with E-state index in [-0.39, 0.29) is 0 Å². The van der Waals surface area contributed by atoms with Crippen molar-refractivity contribution in [2.75, 3.05) is 30.0 Å². The first-order chi connectivity index (χ1) is 11.8. The van der Waals surface area contributed by atoms with Crippen molar-refractivity contribution in [3.05, 3.63) is 54.0 Å². The molecule has 1 saturated heterocycles. The van der Waals surface area contributed by atoms with Gasteiger partial charge in [-0.3, -0.25) is 4.98 Å². The summed E-state index contributed by atoms with van der Waals surface area (Å²) in [5.74, 6) is 3.63. The fourth-order valence-corrected chi connectivity index (χ4v) is 4.11. The van der Waals surface area contributed by atoms with Crippen molar-refractivity contribution in [3.8, 4) is 0 Å². The Hall–Kier alpha value is -1.59. The second-order valence-corrected chi connectivity index (χ2v) is 7.47. The standard InChI is InChI=1S/C19H26N4S/c1-23(12-7-17-6-2-3-10-20-17)19-16(5-4-11-21-19)15-22-18-8-13-24-14-9-18/h2-6,10-11,18,22H,7-9,12-15H2,1H3. The monoisotopic (exact) mass is 342 g/mol. The second kappa shape index (κ2) is 9.04. The van der Waals surface area contributed by atoms with E-state index in [4.69, 9.17) is 0 Å². The van der Waals surface area contributed by atoms with E-state index in [0.717, 1.165) is 31.0 Å². The maximum absolute atomic E-state index is 4.62. The number of rotatable bonds is 7. The highest BCUT2D eigenvalue weighted by atomic mass is 32.2. The van der Waals surface area contributed by atoms with Crippen molar-refractivity contribution in [2.45, 2.75) is 31.8 Å². The van der Waals surface area contributed by atoms with E-state index < -0.39 is 0 Å². The van der Waals surface area contributed by atoms with Crippen LogP contribution >= 0.6 is 11.8 Å². The van der Waals surface area contributed by atoms with Gasteiger partial charge in [0.1, 0.15) is 5.82 Å². The molecule has 1 N–H and O–H groups in total. The van der Waals surface area contributed by atoms with Gasteiger partial charge in [0.15, 0.2) is 0 Å². The number of pyridine rings is 2. The summed E-state index contributed by atoms with van der Waals surface area (Å²) < 4.78 is 0. The van der Waals surface area contributed by atoms with Crippen molar-refractivity contribution in [1.82, 2.24) is 15.3 Å². The zero-order valence-electron chi connectivity index (χ0n) is 14.3. The molecular weight excluding hydrogens is 316 g/mol. The minimum absolute atomic E-state index is 0.651. The molecule has 0 bridgehead atoms. The molecule has 0 atom stereocenters. The van der Waals surface area contributed by atoms with Gasteiger partial charge in [-0.15, -0.1) is 0 Å². The van der Waals surface area contributed by atoms with Crippen LogP contribution < -0.4 is 10.2 Å². The second-order valence-electron chi connectivity index (χ2n) is 6.25. The number of likely N-dealkylation sites (N-methyl/N-ethyl adjacent to an activating group) is 1. The van der Waals surface area contributed by atoms with Gasteiger partial charge in [0, 0.05) is 56.3 Å². The summed E-state index contributed by atoms with van der Waals surface area (Å²) in [6.45, 7) is 1.81. The Morgan fingerprint density at radius 1 is 1.12 bits per heavy atom. The molecule has 3 rings (SSSR count). The van der Waals surface area contributed by atoms with Gasteiger partial charge in [0.2, 0.25) is 0 Å². The van der Waals surface area contributed by atoms with Gasteiger partial charge in [0.25, 0.3) is 0 Å². The van der Waals surface area contributed by atoms with Crippen LogP contribution in [0.15, 0.2) is 42.7 Å². The smallest absolute Gasteiger partial charge is 0.132 e. The summed E-state index contributed by atoms with van der Waals surface area (Å²) in [6.07, 6.45) is 7.22. The fraction of sp³-hybridized carbons (Fsp3) is 0.474. The quantitative estimate of drug-likeness (QED) is 0.837. The number of hydrogen-bond acceptors (Lipinski definition) is 5. The van der Waals surface area contributed by atoms with E-state index in [0.29, 0.717) is 6.04 Å². The van der Waals surface area contributed by atoms with Gasteiger partial charge in [0.05, 0.1) is 0 Å². The molecule has 4 nitrogen and oxygen atoms in total. The molecule has 1 fully saturated rings. The molecule has 2 aromatic heterocycles. The maximum Gasteiger partial charge on any atom is 0.132 e. The Kier molecular flexibility index (Phi) is 6.49. The van der Waals surface area contributed by atoms with Crippen LogP contribution in [0.2, 0.25) is 0 Å². The summed E-state index contributed by atoms with van der Waals surface area (Å²) in [5.41, 5.74) is 2.40. The third kappa shape index (κ3) is 4.95. The van der Waals surface area contributed by atoms with Gasteiger partial charge < -0.3 is 10.2 Å². The van der Waals surface area contributed by atoms with Gasteiger partial charge in [-0.1, -0.05) is 12.1 Å². The lowest BCUT2D eigenvalue weighted by atomic mass is 10.1. The van der Waals surface area contributed by atoms with Crippen LogP contribution in [0.5, 0.6) is 0 Å². The zero-order chi connectivity index (χ0) is 16.6. The Morgan fingerprint density at radius 2 is 1.96 bits per heavy atom. The first-order valence-corrected chi connectivity index (χ1v) is 9.84. The van der Waals surface area contributed by atoms with Crippen molar-refractivity contribution in [3.63, 3.8) is 0 Å². The molecule has 1 aliphatic heterocycles. The van der Waals surface area contributed by atoms with Crippen LogP contribution in [0.4, 0.5) is 5.82 Å². The van der Waals surface area contributed by atoms with E-state index in [1.54, 1.807) is 0 Å². The molecule has 0 amide bonds. The molecule has 0 unspecified atom stereocenters. The zero-order valence-corrected chi connectivity index (χ0v) is 15.1. The third-order valence-electron chi connectivity index (χ3n) is 4.46. The molecule has 24 heavy (non-hydrogen) atoms. The number of hydrogen-bond donors (Lipinski definition) is 1. The molecule has 2 aromatic rings. The summed E-state index contributed by atoms with van der Waals surface area (Å²) in [5, 5.41) is 3.71. The van der Waals surface area contributed by atoms with E-state index in [9.17, 15) is 0 Å². The Bertz CT molecular complexity index is 614.